The van der Waals surface area contributed by atoms with Gasteiger partial charge in [0.15, 0.2) is 5.82 Å². The van der Waals surface area contributed by atoms with Gasteiger partial charge in [0.25, 0.3) is 0 Å². The van der Waals surface area contributed by atoms with Gasteiger partial charge >= 0.3 is 6.09 Å². The molecule has 0 bridgehead atoms. The van der Waals surface area contributed by atoms with Gasteiger partial charge in [-0.25, -0.2) is 14.3 Å². The summed E-state index contributed by atoms with van der Waals surface area (Å²) >= 11 is 0. The minimum absolute atomic E-state index is 0.207. The number of rotatable bonds is 5. The van der Waals surface area contributed by atoms with Crippen molar-refractivity contribution in [1.29, 1.82) is 0 Å². The summed E-state index contributed by atoms with van der Waals surface area (Å²) < 4.78 is 13.6. The molecule has 3 heterocycles. The molecule has 1 aliphatic heterocycles. The first-order valence-electron chi connectivity index (χ1n) is 14.9. The number of fused-ring (bicyclic) bond motifs is 1. The van der Waals surface area contributed by atoms with Crippen LogP contribution in [0.5, 0.6) is 11.5 Å². The molecule has 1 saturated heterocycles. The van der Waals surface area contributed by atoms with Gasteiger partial charge in [-0.05, 0) is 82.3 Å². The summed E-state index contributed by atoms with van der Waals surface area (Å²) in [6.45, 7) is 8.94. The first kappa shape index (κ1) is 28.0. The summed E-state index contributed by atoms with van der Waals surface area (Å²) in [6, 6.07) is 20.7. The summed E-state index contributed by atoms with van der Waals surface area (Å²) in [4.78, 5) is 21.2. The number of nitrogens with two attached hydrogens (primary N) is 1. The van der Waals surface area contributed by atoms with Crippen molar-refractivity contribution in [3.8, 4) is 22.6 Å². The van der Waals surface area contributed by atoms with Crippen molar-refractivity contribution < 1.29 is 14.3 Å². The van der Waals surface area contributed by atoms with Gasteiger partial charge in [-0.15, -0.1) is 0 Å². The van der Waals surface area contributed by atoms with Crippen LogP contribution in [0.1, 0.15) is 58.1 Å². The van der Waals surface area contributed by atoms with Crippen LogP contribution in [0.4, 0.5) is 10.6 Å². The van der Waals surface area contributed by atoms with Crippen molar-refractivity contribution in [3.63, 3.8) is 0 Å². The number of nitrogens with zero attached hydrogens (tertiary/aromatic N) is 5. The minimum Gasteiger partial charge on any atom is -0.457 e. The van der Waals surface area contributed by atoms with E-state index in [2.05, 4.69) is 33.2 Å². The Balaban J connectivity index is 1.13. The molecule has 2 aliphatic rings. The molecule has 0 atom stereocenters. The molecule has 0 spiro atoms. The maximum absolute atomic E-state index is 12.5. The van der Waals surface area contributed by atoms with Gasteiger partial charge in [0, 0.05) is 49.4 Å². The summed E-state index contributed by atoms with van der Waals surface area (Å²) in [5.41, 5.74) is 10.1. The van der Waals surface area contributed by atoms with E-state index in [0.717, 1.165) is 66.9 Å². The van der Waals surface area contributed by atoms with Crippen LogP contribution in [-0.4, -0.2) is 68.3 Å². The third-order valence-corrected chi connectivity index (χ3v) is 8.35. The average Bonchev–Trinajstić information content (AvgIpc) is 3.38. The number of benzene rings is 2. The van der Waals surface area contributed by atoms with E-state index in [-0.39, 0.29) is 6.09 Å². The molecular formula is C33H40N6O3. The number of anilines is 1. The van der Waals surface area contributed by atoms with Gasteiger partial charge in [-0.1, -0.05) is 30.3 Å². The molecule has 9 nitrogen and oxygen atoms in total. The van der Waals surface area contributed by atoms with Crippen LogP contribution in [-0.2, 0) is 4.74 Å². The number of hydrogen-bond acceptors (Lipinski definition) is 7. The van der Waals surface area contributed by atoms with Crippen LogP contribution < -0.4 is 10.5 Å². The Morgan fingerprint density at radius 2 is 1.57 bits per heavy atom. The summed E-state index contributed by atoms with van der Waals surface area (Å²) in [6.07, 6.45) is 5.73. The molecule has 0 unspecified atom stereocenters. The standard InChI is InChI=1S/C33H40N6O3/c1-33(2,3)42-32(40)38-19-17-37(18-20-38)25-13-9-24(10-14-25)29-21-28(30-31(34)35-22-36-39(29)30)23-11-15-27(16-12-23)41-26-7-5-4-6-8-26/h4-8,11-12,15-16,21-22,24-25H,9-10,13-14,17-20H2,1-3H3,(H2,34,35,36)/t24-,25-. The quantitative estimate of drug-likeness (QED) is 0.300. The number of amides is 1. The lowest BCUT2D eigenvalue weighted by atomic mass is 9.83. The normalized spacial score (nSPS) is 20.0. The molecule has 9 heteroatoms. The molecular weight excluding hydrogens is 528 g/mol. The van der Waals surface area contributed by atoms with E-state index in [4.69, 9.17) is 15.2 Å². The maximum atomic E-state index is 12.5. The number of ether oxygens (including phenoxy) is 2. The topological polar surface area (TPSA) is 98.2 Å². The van der Waals surface area contributed by atoms with Crippen LogP contribution in [0.15, 0.2) is 67.0 Å². The van der Waals surface area contributed by atoms with Crippen molar-refractivity contribution >= 4 is 17.4 Å². The monoisotopic (exact) mass is 568 g/mol. The fourth-order valence-corrected chi connectivity index (χ4v) is 6.26. The molecule has 0 radical (unpaired) electrons. The second-order valence-corrected chi connectivity index (χ2v) is 12.3. The van der Waals surface area contributed by atoms with E-state index < -0.39 is 5.60 Å². The van der Waals surface area contributed by atoms with Gasteiger partial charge in [0.05, 0.1) is 0 Å². The molecule has 2 N–H and O–H groups in total. The second kappa shape index (κ2) is 11.6. The highest BCUT2D eigenvalue weighted by atomic mass is 16.6. The zero-order valence-electron chi connectivity index (χ0n) is 24.7. The summed E-state index contributed by atoms with van der Waals surface area (Å²) in [5, 5.41) is 4.64. The average molecular weight is 569 g/mol. The fourth-order valence-electron chi connectivity index (χ4n) is 6.26. The van der Waals surface area contributed by atoms with Gasteiger partial charge in [0.2, 0.25) is 0 Å². The Bertz CT molecular complexity index is 1510. The predicted octanol–water partition coefficient (Wildman–Crippen LogP) is 6.35. The molecule has 6 rings (SSSR count). The van der Waals surface area contributed by atoms with Crippen molar-refractivity contribution in [1.82, 2.24) is 24.4 Å². The molecule has 220 valence electrons. The zero-order chi connectivity index (χ0) is 29.3. The van der Waals surface area contributed by atoms with Crippen molar-refractivity contribution in [3.05, 3.63) is 72.7 Å². The van der Waals surface area contributed by atoms with Gasteiger partial charge in [0.1, 0.15) is 28.9 Å². The van der Waals surface area contributed by atoms with Crippen LogP contribution >= 0.6 is 0 Å². The van der Waals surface area contributed by atoms with E-state index in [0.29, 0.717) is 30.9 Å². The van der Waals surface area contributed by atoms with Crippen LogP contribution in [0.2, 0.25) is 0 Å². The molecule has 1 aliphatic carbocycles. The molecule has 2 aromatic carbocycles. The molecule has 2 fully saturated rings. The highest BCUT2D eigenvalue weighted by Crippen LogP contribution is 2.40. The highest BCUT2D eigenvalue weighted by molar-refractivity contribution is 5.88. The number of piperazine rings is 1. The Hall–Kier alpha value is -4.11. The lowest BCUT2D eigenvalue weighted by Crippen LogP contribution is -2.53. The molecule has 42 heavy (non-hydrogen) atoms. The lowest BCUT2D eigenvalue weighted by molar-refractivity contribution is 0.00784. The number of aromatic nitrogens is 3. The maximum Gasteiger partial charge on any atom is 0.410 e. The smallest absolute Gasteiger partial charge is 0.410 e. The van der Waals surface area contributed by atoms with Crippen LogP contribution in [0.3, 0.4) is 0 Å². The van der Waals surface area contributed by atoms with Crippen molar-refractivity contribution in [2.45, 2.75) is 64.0 Å². The van der Waals surface area contributed by atoms with Crippen molar-refractivity contribution in [2.24, 2.45) is 0 Å². The second-order valence-electron chi connectivity index (χ2n) is 12.3. The molecule has 4 aromatic rings. The summed E-state index contributed by atoms with van der Waals surface area (Å²) in [5.74, 6) is 2.45. The van der Waals surface area contributed by atoms with Crippen LogP contribution in [0.25, 0.3) is 16.6 Å². The summed E-state index contributed by atoms with van der Waals surface area (Å²) in [7, 11) is 0. The van der Waals surface area contributed by atoms with Gasteiger partial charge < -0.3 is 20.1 Å². The Labute approximate surface area is 247 Å². The first-order chi connectivity index (χ1) is 20.2. The van der Waals surface area contributed by atoms with E-state index in [1.807, 2.05) is 72.7 Å². The van der Waals surface area contributed by atoms with E-state index >= 15 is 0 Å². The Morgan fingerprint density at radius 1 is 0.905 bits per heavy atom. The zero-order valence-corrected chi connectivity index (χ0v) is 24.7. The van der Waals surface area contributed by atoms with E-state index in [1.54, 1.807) is 6.33 Å². The molecule has 1 saturated carbocycles. The third kappa shape index (κ3) is 6.06. The Kier molecular flexibility index (Phi) is 7.77. The number of nitrogen functional groups attached to an aromatic ring is 1. The number of para-hydroxylation sites is 1. The SMILES string of the molecule is CC(C)(C)OC(=O)N1CCN([C@H]2CC[C@H](c3cc(-c4ccc(Oc5ccccc5)cc4)c4c(N)ncnn43)CC2)CC1. The van der Waals surface area contributed by atoms with Gasteiger partial charge in [-0.2, -0.15) is 5.10 Å². The van der Waals surface area contributed by atoms with Gasteiger partial charge in [-0.3, -0.25) is 4.90 Å². The van der Waals surface area contributed by atoms with E-state index in [1.165, 1.54) is 5.69 Å². The predicted molar refractivity (Wildman–Crippen MR) is 164 cm³/mol. The minimum atomic E-state index is -0.467. The van der Waals surface area contributed by atoms with Crippen molar-refractivity contribution in [2.75, 3.05) is 31.9 Å². The lowest BCUT2D eigenvalue weighted by Gasteiger charge is -2.42. The molecule has 1 amide bonds. The van der Waals surface area contributed by atoms with Crippen LogP contribution in [0, 0.1) is 0 Å². The third-order valence-electron chi connectivity index (χ3n) is 8.35. The highest BCUT2D eigenvalue weighted by Gasteiger charge is 2.33. The Morgan fingerprint density at radius 3 is 2.24 bits per heavy atom. The van der Waals surface area contributed by atoms with E-state index in [9.17, 15) is 4.79 Å². The number of carbonyl (C=O) groups is 1. The largest absolute Gasteiger partial charge is 0.457 e. The fraction of sp³-hybridized carbons (Fsp3) is 0.424. The number of hydrogen-bond donors (Lipinski definition) is 1. The molecule has 2 aromatic heterocycles. The first-order valence-corrected chi connectivity index (χ1v) is 14.9. The number of carbonyl (C=O) groups excluding carboxylic acids is 1.